The molecule has 0 bridgehead atoms. The molecule has 20 heavy (non-hydrogen) atoms. The number of nitrogens with one attached hydrogen (secondary N) is 2. The molecule has 108 valence electrons. The van der Waals surface area contributed by atoms with E-state index in [0.717, 1.165) is 11.3 Å². The summed E-state index contributed by atoms with van der Waals surface area (Å²) in [4.78, 5) is 23.1. The lowest BCUT2D eigenvalue weighted by molar-refractivity contribution is -0.142. The predicted octanol–water partition coefficient (Wildman–Crippen LogP) is 1.50. The minimum absolute atomic E-state index is 0.0902. The number of amides is 1. The van der Waals surface area contributed by atoms with Crippen LogP contribution in [0.5, 0.6) is 0 Å². The molecule has 0 saturated heterocycles. The van der Waals surface area contributed by atoms with Gasteiger partial charge in [0.25, 0.3) is 0 Å². The maximum absolute atomic E-state index is 12.2. The van der Waals surface area contributed by atoms with E-state index < -0.39 is 11.9 Å². The first-order chi connectivity index (χ1) is 9.49. The Kier molecular flexibility index (Phi) is 4.27. The SMILES string of the molecule is CC(NC(=O)C1CNc2ccccc2C1)C(C)C(=O)O. The number of carboxylic acids is 1. The molecule has 3 atom stereocenters. The number of fused-ring (bicyclic) bond motifs is 1. The maximum atomic E-state index is 12.2. The molecule has 0 radical (unpaired) electrons. The number of aliphatic carboxylic acids is 1. The lowest BCUT2D eigenvalue weighted by Gasteiger charge is -2.27. The first kappa shape index (κ1) is 14.4. The normalized spacial score (nSPS) is 20.2. The van der Waals surface area contributed by atoms with Crippen LogP contribution < -0.4 is 10.6 Å². The molecule has 3 unspecified atom stereocenters. The third-order valence-corrected chi connectivity index (χ3v) is 3.90. The number of para-hydroxylation sites is 1. The summed E-state index contributed by atoms with van der Waals surface area (Å²) >= 11 is 0. The van der Waals surface area contributed by atoms with Gasteiger partial charge in [-0.25, -0.2) is 0 Å². The zero-order valence-electron chi connectivity index (χ0n) is 11.7. The lowest BCUT2D eigenvalue weighted by Crippen LogP contribution is -2.45. The summed E-state index contributed by atoms with van der Waals surface area (Å²) in [6.07, 6.45) is 0.684. The fraction of sp³-hybridized carbons (Fsp3) is 0.467. The van der Waals surface area contributed by atoms with Crippen molar-refractivity contribution in [2.45, 2.75) is 26.3 Å². The smallest absolute Gasteiger partial charge is 0.308 e. The van der Waals surface area contributed by atoms with Gasteiger partial charge in [-0.1, -0.05) is 18.2 Å². The second kappa shape index (κ2) is 5.94. The molecule has 1 heterocycles. The lowest BCUT2D eigenvalue weighted by atomic mass is 9.92. The third-order valence-electron chi connectivity index (χ3n) is 3.90. The Hall–Kier alpha value is -2.04. The van der Waals surface area contributed by atoms with E-state index in [2.05, 4.69) is 10.6 Å². The molecule has 0 aliphatic carbocycles. The highest BCUT2D eigenvalue weighted by Gasteiger charge is 2.27. The largest absolute Gasteiger partial charge is 0.481 e. The van der Waals surface area contributed by atoms with Crippen molar-refractivity contribution in [2.24, 2.45) is 11.8 Å². The average Bonchev–Trinajstić information content (AvgIpc) is 2.45. The first-order valence-electron chi connectivity index (χ1n) is 6.84. The molecule has 1 aliphatic rings. The summed E-state index contributed by atoms with van der Waals surface area (Å²) in [5.41, 5.74) is 2.20. The predicted molar refractivity (Wildman–Crippen MR) is 76.5 cm³/mol. The van der Waals surface area contributed by atoms with E-state index in [9.17, 15) is 9.59 Å². The number of benzene rings is 1. The van der Waals surface area contributed by atoms with Crippen molar-refractivity contribution in [3.8, 4) is 0 Å². The van der Waals surface area contributed by atoms with E-state index in [1.165, 1.54) is 0 Å². The summed E-state index contributed by atoms with van der Waals surface area (Å²) in [6.45, 7) is 3.90. The minimum atomic E-state index is -0.898. The summed E-state index contributed by atoms with van der Waals surface area (Å²) in [5.74, 6) is -1.74. The quantitative estimate of drug-likeness (QED) is 0.778. The third kappa shape index (κ3) is 3.10. The van der Waals surface area contributed by atoms with Gasteiger partial charge in [0, 0.05) is 18.3 Å². The van der Waals surface area contributed by atoms with Crippen LogP contribution in [0.4, 0.5) is 5.69 Å². The Morgan fingerprint density at radius 3 is 2.75 bits per heavy atom. The highest BCUT2D eigenvalue weighted by molar-refractivity contribution is 5.82. The van der Waals surface area contributed by atoms with Crippen molar-refractivity contribution in [2.75, 3.05) is 11.9 Å². The molecule has 0 saturated carbocycles. The van der Waals surface area contributed by atoms with Crippen LogP contribution in [0.1, 0.15) is 19.4 Å². The monoisotopic (exact) mass is 276 g/mol. The van der Waals surface area contributed by atoms with Gasteiger partial charge >= 0.3 is 5.97 Å². The number of carbonyl (C=O) groups excluding carboxylic acids is 1. The van der Waals surface area contributed by atoms with Crippen molar-refractivity contribution in [1.82, 2.24) is 5.32 Å². The van der Waals surface area contributed by atoms with Gasteiger partial charge in [-0.05, 0) is 31.9 Å². The Morgan fingerprint density at radius 2 is 2.05 bits per heavy atom. The van der Waals surface area contributed by atoms with Crippen LogP contribution in [-0.4, -0.2) is 29.6 Å². The molecule has 1 aliphatic heterocycles. The van der Waals surface area contributed by atoms with Crippen molar-refractivity contribution >= 4 is 17.6 Å². The summed E-state index contributed by atoms with van der Waals surface area (Å²) in [7, 11) is 0. The molecule has 0 aromatic heterocycles. The van der Waals surface area contributed by atoms with Crippen molar-refractivity contribution < 1.29 is 14.7 Å². The summed E-state index contributed by atoms with van der Waals surface area (Å²) in [6, 6.07) is 7.54. The van der Waals surface area contributed by atoms with E-state index >= 15 is 0 Å². The van der Waals surface area contributed by atoms with Crippen molar-refractivity contribution in [3.63, 3.8) is 0 Å². The first-order valence-corrected chi connectivity index (χ1v) is 6.84. The Morgan fingerprint density at radius 1 is 1.35 bits per heavy atom. The average molecular weight is 276 g/mol. The number of rotatable bonds is 4. The van der Waals surface area contributed by atoms with Crippen LogP contribution in [-0.2, 0) is 16.0 Å². The van der Waals surface area contributed by atoms with E-state index in [-0.39, 0.29) is 17.9 Å². The van der Waals surface area contributed by atoms with Crippen LogP contribution >= 0.6 is 0 Å². The van der Waals surface area contributed by atoms with Gasteiger partial charge in [0.1, 0.15) is 0 Å². The number of carbonyl (C=O) groups is 2. The van der Waals surface area contributed by atoms with Crippen LogP contribution in [0.15, 0.2) is 24.3 Å². The molecule has 1 aromatic carbocycles. The molecule has 2 rings (SSSR count). The van der Waals surface area contributed by atoms with Crippen molar-refractivity contribution in [3.05, 3.63) is 29.8 Å². The molecule has 0 fully saturated rings. The molecular weight excluding hydrogens is 256 g/mol. The topological polar surface area (TPSA) is 78.4 Å². The van der Waals surface area contributed by atoms with Crippen LogP contribution in [0.25, 0.3) is 0 Å². The molecule has 5 heteroatoms. The highest BCUT2D eigenvalue weighted by Crippen LogP contribution is 2.24. The zero-order valence-corrected chi connectivity index (χ0v) is 11.7. The van der Waals surface area contributed by atoms with Crippen LogP contribution in [0.3, 0.4) is 0 Å². The molecular formula is C15H20N2O3. The minimum Gasteiger partial charge on any atom is -0.481 e. The van der Waals surface area contributed by atoms with Gasteiger partial charge < -0.3 is 15.7 Å². The van der Waals surface area contributed by atoms with E-state index in [4.69, 9.17) is 5.11 Å². The molecule has 1 amide bonds. The summed E-state index contributed by atoms with van der Waals surface area (Å²) in [5, 5.41) is 15.0. The molecule has 5 nitrogen and oxygen atoms in total. The van der Waals surface area contributed by atoms with Gasteiger partial charge in [0.2, 0.25) is 5.91 Å². The van der Waals surface area contributed by atoms with Gasteiger partial charge in [-0.2, -0.15) is 0 Å². The second-order valence-electron chi connectivity index (χ2n) is 5.36. The van der Waals surface area contributed by atoms with Crippen molar-refractivity contribution in [1.29, 1.82) is 0 Å². The molecule has 3 N–H and O–H groups in total. The summed E-state index contributed by atoms with van der Waals surface area (Å²) < 4.78 is 0. The standard InChI is InChI=1S/C15H20N2O3/c1-9(15(19)20)10(2)17-14(18)12-7-11-5-3-4-6-13(11)16-8-12/h3-6,9-10,12,16H,7-8H2,1-2H3,(H,17,18)(H,19,20). The maximum Gasteiger partial charge on any atom is 0.308 e. The fourth-order valence-electron chi connectivity index (χ4n) is 2.31. The number of anilines is 1. The Labute approximate surface area is 118 Å². The second-order valence-corrected chi connectivity index (χ2v) is 5.36. The fourth-order valence-corrected chi connectivity index (χ4v) is 2.31. The number of carboxylic acid groups (broad SMARTS) is 1. The van der Waals surface area contributed by atoms with Gasteiger partial charge in [-0.3, -0.25) is 9.59 Å². The van der Waals surface area contributed by atoms with E-state index in [0.29, 0.717) is 13.0 Å². The zero-order chi connectivity index (χ0) is 14.7. The van der Waals surface area contributed by atoms with Crippen LogP contribution in [0.2, 0.25) is 0 Å². The number of hydrogen-bond acceptors (Lipinski definition) is 3. The van der Waals surface area contributed by atoms with E-state index in [1.54, 1.807) is 13.8 Å². The van der Waals surface area contributed by atoms with Gasteiger partial charge in [-0.15, -0.1) is 0 Å². The van der Waals surface area contributed by atoms with Gasteiger partial charge in [0.15, 0.2) is 0 Å². The number of hydrogen-bond donors (Lipinski definition) is 3. The Balaban J connectivity index is 1.96. The molecule has 1 aromatic rings. The molecule has 0 spiro atoms. The van der Waals surface area contributed by atoms with E-state index in [1.807, 2.05) is 24.3 Å². The van der Waals surface area contributed by atoms with Gasteiger partial charge in [0.05, 0.1) is 11.8 Å². The Bertz CT molecular complexity index is 516. The highest BCUT2D eigenvalue weighted by atomic mass is 16.4. The van der Waals surface area contributed by atoms with Crippen LogP contribution in [0, 0.1) is 11.8 Å².